The van der Waals surface area contributed by atoms with E-state index in [-0.39, 0.29) is 6.29 Å². The van der Waals surface area contributed by atoms with Crippen molar-refractivity contribution < 1.29 is 25.2 Å². The summed E-state index contributed by atoms with van der Waals surface area (Å²) in [6.45, 7) is -0.688. The molecule has 0 saturated heterocycles. The van der Waals surface area contributed by atoms with E-state index in [2.05, 4.69) is 0 Å². The second-order valence-corrected chi connectivity index (χ2v) is 1.87. The smallest absolute Gasteiger partial charge is 0.151 e. The number of carbonyl (C=O) groups is 1. The largest absolute Gasteiger partial charge is 0.394 e. The van der Waals surface area contributed by atoms with Crippen molar-refractivity contribution in [1.82, 2.24) is 0 Å². The number of hydrogen-bond donors (Lipinski definition) is 4. The van der Waals surface area contributed by atoms with E-state index >= 15 is 0 Å². The van der Waals surface area contributed by atoms with Crippen molar-refractivity contribution >= 4 is 6.29 Å². The molecule has 0 radical (unpaired) electrons. The molecule has 0 fully saturated rings. The van der Waals surface area contributed by atoms with Crippen molar-refractivity contribution in [2.75, 3.05) is 6.61 Å². The van der Waals surface area contributed by atoms with E-state index in [1.54, 1.807) is 0 Å². The molecule has 0 unspecified atom stereocenters. The Kier molecular flexibility index (Phi) is 4.13. The molecule has 0 bridgehead atoms. The van der Waals surface area contributed by atoms with Crippen LogP contribution in [-0.4, -0.2) is 51.6 Å². The van der Waals surface area contributed by atoms with Crippen LogP contribution >= 0.6 is 0 Å². The monoisotopic (exact) mass is 151 g/mol. The maximum atomic E-state index is 9.76. The molecule has 60 valence electrons. The van der Waals surface area contributed by atoms with Crippen LogP contribution in [0.1, 0.15) is 0 Å². The summed E-state index contributed by atoms with van der Waals surface area (Å²) in [7, 11) is 0. The second-order valence-electron chi connectivity index (χ2n) is 1.87. The summed E-state index contributed by atoms with van der Waals surface area (Å²) in [6.07, 6.45) is -4.63. The average molecular weight is 151 g/mol. The van der Waals surface area contributed by atoms with Crippen molar-refractivity contribution in [3.05, 3.63) is 0 Å². The van der Waals surface area contributed by atoms with Crippen molar-refractivity contribution in [3.63, 3.8) is 0 Å². The molecule has 0 aromatic heterocycles. The lowest BCUT2D eigenvalue weighted by atomic mass is 10.2. The molecular weight excluding hydrogens is 141 g/mol. The van der Waals surface area contributed by atoms with E-state index in [4.69, 9.17) is 20.4 Å². The molecule has 3 atom stereocenters. The Morgan fingerprint density at radius 3 is 2.10 bits per heavy atom. The molecule has 0 heterocycles. The van der Waals surface area contributed by atoms with Gasteiger partial charge in [-0.15, -0.1) is 0 Å². The number of aldehydes is 1. The summed E-state index contributed by atoms with van der Waals surface area (Å²) >= 11 is 0. The molecular formula is C5H10O5. The lowest BCUT2D eigenvalue weighted by Gasteiger charge is -2.16. The van der Waals surface area contributed by atoms with Crippen LogP contribution in [0, 0.1) is 0 Å². The van der Waals surface area contributed by atoms with E-state index in [9.17, 15) is 4.79 Å². The fourth-order valence-electron chi connectivity index (χ4n) is 0.416. The fraction of sp³-hybridized carbons (Fsp3) is 0.800. The van der Waals surface area contributed by atoms with E-state index < -0.39 is 24.9 Å². The highest BCUT2D eigenvalue weighted by molar-refractivity contribution is 5.56. The first-order chi connectivity index (χ1) is 4.63. The Morgan fingerprint density at radius 1 is 1.30 bits per heavy atom. The molecule has 0 amide bonds. The van der Waals surface area contributed by atoms with Crippen LogP contribution in [0.2, 0.25) is 0 Å². The molecule has 0 aliphatic rings. The van der Waals surface area contributed by atoms with Gasteiger partial charge in [-0.2, -0.15) is 0 Å². The summed E-state index contributed by atoms with van der Waals surface area (Å²) in [4.78, 5) is 9.76. The highest BCUT2D eigenvalue weighted by atomic mass is 16.4. The summed E-state index contributed by atoms with van der Waals surface area (Å²) in [5, 5.41) is 34.1. The summed E-state index contributed by atoms with van der Waals surface area (Å²) in [6, 6.07) is 0. The number of hydrogen-bond acceptors (Lipinski definition) is 5. The highest BCUT2D eigenvalue weighted by Crippen LogP contribution is 1.96. The summed E-state index contributed by atoms with van der Waals surface area (Å²) in [5.74, 6) is 0. The molecule has 4 N–H and O–H groups in total. The Balaban J connectivity index is 3.80. The number of aliphatic hydroxyl groups is 4. The van der Waals surface area contributed by atoms with Crippen LogP contribution in [0.3, 0.4) is 0 Å². The highest BCUT2D eigenvalue weighted by Gasteiger charge is 2.22. The first-order valence-corrected chi connectivity index (χ1v) is 2.73. The van der Waals surface area contributed by atoms with E-state index in [1.807, 2.05) is 0 Å². The van der Waals surface area contributed by atoms with E-state index in [0.717, 1.165) is 0 Å². The number of rotatable bonds is 4. The summed E-state index contributed by atoms with van der Waals surface area (Å²) in [5.41, 5.74) is 0. The third kappa shape index (κ3) is 2.40. The van der Waals surface area contributed by atoms with Crippen LogP contribution in [0.5, 0.6) is 0 Å². The van der Waals surface area contributed by atoms with Gasteiger partial charge in [-0.05, 0) is 0 Å². The molecule has 0 spiro atoms. The quantitative estimate of drug-likeness (QED) is 0.258. The predicted octanol–water partition coefficient (Wildman–Crippen LogP) is -2.74. The van der Waals surface area contributed by atoms with Crippen LogP contribution < -0.4 is 0 Å². The van der Waals surface area contributed by atoms with Crippen LogP contribution in [-0.2, 0) is 4.79 Å². The molecule has 0 aromatic rings. The van der Waals surface area contributed by atoms with Crippen molar-refractivity contribution in [3.8, 4) is 0 Å². The lowest BCUT2D eigenvalue weighted by Crippen LogP contribution is -2.40. The van der Waals surface area contributed by atoms with Crippen molar-refractivity contribution in [2.45, 2.75) is 18.3 Å². The number of aliphatic hydroxyl groups excluding tert-OH is 4. The van der Waals surface area contributed by atoms with Crippen molar-refractivity contribution in [2.24, 2.45) is 0 Å². The maximum absolute atomic E-state index is 9.76. The van der Waals surface area contributed by atoms with E-state index in [1.165, 1.54) is 0 Å². The van der Waals surface area contributed by atoms with Gasteiger partial charge < -0.3 is 25.2 Å². The molecule has 0 aliphatic heterocycles. The zero-order valence-electron chi connectivity index (χ0n) is 5.21. The van der Waals surface area contributed by atoms with Crippen LogP contribution in [0.25, 0.3) is 0 Å². The zero-order chi connectivity index (χ0) is 8.15. The van der Waals surface area contributed by atoms with E-state index in [0.29, 0.717) is 0 Å². The van der Waals surface area contributed by atoms with Gasteiger partial charge in [-0.25, -0.2) is 0 Å². The lowest BCUT2D eigenvalue weighted by molar-refractivity contribution is -0.127. The van der Waals surface area contributed by atoms with Gasteiger partial charge >= 0.3 is 0 Å². The van der Waals surface area contributed by atoms with Gasteiger partial charge in [0.1, 0.15) is 18.3 Å². The van der Waals surface area contributed by atoms with Crippen LogP contribution in [0.15, 0.2) is 0 Å². The molecule has 5 nitrogen and oxygen atoms in total. The molecule has 0 aliphatic carbocycles. The SMILES string of the molecule is O=[13CH][C@H](O)[C@H](O)[C@H](O)CO. The second kappa shape index (κ2) is 4.35. The predicted molar refractivity (Wildman–Crippen MR) is 31.2 cm³/mol. The Labute approximate surface area is 57.5 Å². The van der Waals surface area contributed by atoms with Gasteiger partial charge in [0.15, 0.2) is 6.29 Å². The Bertz CT molecular complexity index is 104. The minimum atomic E-state index is -1.64. The average Bonchev–Trinajstić information content (AvgIpc) is 2.00. The topological polar surface area (TPSA) is 98.0 Å². The Morgan fingerprint density at radius 2 is 1.80 bits per heavy atom. The van der Waals surface area contributed by atoms with Crippen molar-refractivity contribution in [1.29, 1.82) is 0 Å². The first-order valence-electron chi connectivity index (χ1n) is 2.73. The standard InChI is InChI=1S/C5H10O5/c6-1-3(8)5(10)4(9)2-7/h1,3-5,7-10H,2H2/t3-,4+,5-/m0/s1/i1+1. The van der Waals surface area contributed by atoms with Gasteiger partial charge in [-0.3, -0.25) is 0 Å². The number of carbonyl (C=O) groups excluding carboxylic acids is 1. The van der Waals surface area contributed by atoms with Gasteiger partial charge in [0.2, 0.25) is 0 Å². The fourth-order valence-corrected chi connectivity index (χ4v) is 0.416. The maximum Gasteiger partial charge on any atom is 0.151 e. The van der Waals surface area contributed by atoms with Gasteiger partial charge in [0, 0.05) is 0 Å². The normalized spacial score (nSPS) is 19.6. The zero-order valence-corrected chi connectivity index (χ0v) is 5.21. The van der Waals surface area contributed by atoms with Gasteiger partial charge in [-0.1, -0.05) is 0 Å². The third-order valence-electron chi connectivity index (χ3n) is 1.07. The van der Waals surface area contributed by atoms with Crippen LogP contribution in [0.4, 0.5) is 0 Å². The third-order valence-corrected chi connectivity index (χ3v) is 1.07. The van der Waals surface area contributed by atoms with Gasteiger partial charge in [0.25, 0.3) is 0 Å². The minimum Gasteiger partial charge on any atom is -0.394 e. The first kappa shape index (κ1) is 9.51. The Hall–Kier alpha value is -0.490. The summed E-state index contributed by atoms with van der Waals surface area (Å²) < 4.78 is 0. The molecule has 10 heavy (non-hydrogen) atoms. The molecule has 5 heteroatoms. The molecule has 0 aromatic carbocycles. The molecule has 0 rings (SSSR count). The minimum absolute atomic E-state index is 0.0869. The van der Waals surface area contributed by atoms with Gasteiger partial charge in [0.05, 0.1) is 6.61 Å². The molecule has 0 saturated carbocycles.